The first-order chi connectivity index (χ1) is 11.9. The van der Waals surface area contributed by atoms with Crippen LogP contribution in [0.15, 0.2) is 28.8 Å². The molecule has 1 aromatic carbocycles. The molecule has 0 amide bonds. The van der Waals surface area contributed by atoms with Crippen molar-refractivity contribution in [3.63, 3.8) is 0 Å². The molecule has 4 nitrogen and oxygen atoms in total. The van der Waals surface area contributed by atoms with E-state index in [1.54, 1.807) is 0 Å². The fourth-order valence-corrected chi connectivity index (χ4v) is 4.40. The molecule has 4 heteroatoms. The topological polar surface area (TPSA) is 41.3 Å². The minimum atomic E-state index is 0.562. The van der Waals surface area contributed by atoms with E-state index in [0.717, 1.165) is 11.5 Å². The molecule has 1 atom stereocenters. The van der Waals surface area contributed by atoms with Gasteiger partial charge in [0.1, 0.15) is 0 Å². The first kappa shape index (κ1) is 16.1. The van der Waals surface area contributed by atoms with Crippen LogP contribution < -0.4 is 5.32 Å². The predicted octanol–water partition coefficient (Wildman–Crippen LogP) is 3.79. The Bertz CT molecular complexity index is 639. The number of rotatable bonds is 5. The van der Waals surface area contributed by atoms with E-state index in [2.05, 4.69) is 27.5 Å². The zero-order valence-electron chi connectivity index (χ0n) is 14.5. The molecule has 1 N–H and O–H groups in total. The molecule has 0 spiro atoms. The van der Waals surface area contributed by atoms with Gasteiger partial charge >= 0.3 is 0 Å². The van der Waals surface area contributed by atoms with E-state index in [4.69, 9.17) is 4.52 Å². The van der Waals surface area contributed by atoms with Crippen LogP contribution in [0.3, 0.4) is 0 Å². The highest BCUT2D eigenvalue weighted by Gasteiger charge is 2.24. The van der Waals surface area contributed by atoms with E-state index in [9.17, 15) is 0 Å². The maximum absolute atomic E-state index is 5.49. The molecule has 1 unspecified atom stereocenters. The van der Waals surface area contributed by atoms with Crippen LogP contribution in [-0.2, 0) is 0 Å². The molecule has 4 rings (SSSR count). The molecule has 3 heterocycles. The van der Waals surface area contributed by atoms with Crippen molar-refractivity contribution in [2.24, 2.45) is 5.92 Å². The number of piperidine rings is 2. The Kier molecular flexibility index (Phi) is 5.14. The van der Waals surface area contributed by atoms with Crippen molar-refractivity contribution in [1.29, 1.82) is 0 Å². The van der Waals surface area contributed by atoms with Crippen LogP contribution in [0.25, 0.3) is 11.0 Å². The quantitative estimate of drug-likeness (QED) is 0.907. The van der Waals surface area contributed by atoms with Crippen molar-refractivity contribution in [3.05, 3.63) is 30.0 Å². The number of benzene rings is 1. The van der Waals surface area contributed by atoms with Crippen LogP contribution >= 0.6 is 0 Å². The van der Waals surface area contributed by atoms with E-state index in [-0.39, 0.29) is 0 Å². The molecule has 2 saturated heterocycles. The van der Waals surface area contributed by atoms with Crippen molar-refractivity contribution in [2.75, 3.05) is 32.7 Å². The van der Waals surface area contributed by atoms with Gasteiger partial charge in [-0.25, -0.2) is 0 Å². The third-order valence-corrected chi connectivity index (χ3v) is 5.87. The van der Waals surface area contributed by atoms with Gasteiger partial charge in [-0.1, -0.05) is 17.3 Å². The average molecular weight is 327 g/mol. The third kappa shape index (κ3) is 3.65. The Morgan fingerprint density at radius 3 is 2.88 bits per heavy atom. The van der Waals surface area contributed by atoms with Gasteiger partial charge in [-0.2, -0.15) is 0 Å². The van der Waals surface area contributed by atoms with Gasteiger partial charge in [0, 0.05) is 11.3 Å². The van der Waals surface area contributed by atoms with E-state index >= 15 is 0 Å². The van der Waals surface area contributed by atoms with Crippen molar-refractivity contribution < 1.29 is 4.52 Å². The lowest BCUT2D eigenvalue weighted by atomic mass is 9.91. The summed E-state index contributed by atoms with van der Waals surface area (Å²) in [7, 11) is 0. The minimum Gasteiger partial charge on any atom is -0.356 e. The number of likely N-dealkylation sites (tertiary alicyclic amines) is 1. The summed E-state index contributed by atoms with van der Waals surface area (Å²) in [6, 6.07) is 8.26. The van der Waals surface area contributed by atoms with Gasteiger partial charge in [0.05, 0.1) is 5.69 Å². The van der Waals surface area contributed by atoms with Gasteiger partial charge in [0.2, 0.25) is 0 Å². The van der Waals surface area contributed by atoms with Crippen molar-refractivity contribution in [3.8, 4) is 0 Å². The van der Waals surface area contributed by atoms with Crippen LogP contribution in [-0.4, -0.2) is 42.8 Å². The second-order valence-corrected chi connectivity index (χ2v) is 7.53. The number of aromatic nitrogens is 1. The molecule has 2 aromatic rings. The minimum absolute atomic E-state index is 0.562. The first-order valence-corrected chi connectivity index (χ1v) is 9.67. The molecule has 2 aliphatic heterocycles. The Morgan fingerprint density at radius 2 is 2.04 bits per heavy atom. The van der Waals surface area contributed by atoms with Crippen LogP contribution in [0, 0.1) is 5.92 Å². The number of nitrogens with zero attached hydrogens (tertiary/aromatic N) is 2. The van der Waals surface area contributed by atoms with E-state index in [1.165, 1.54) is 82.3 Å². The molecular formula is C20H29N3O. The highest BCUT2D eigenvalue weighted by atomic mass is 16.5. The second-order valence-electron chi connectivity index (χ2n) is 7.53. The molecular weight excluding hydrogens is 298 g/mol. The summed E-state index contributed by atoms with van der Waals surface area (Å²) in [5.74, 6) is 1.48. The largest absolute Gasteiger partial charge is 0.356 e. The molecule has 24 heavy (non-hydrogen) atoms. The zero-order chi connectivity index (χ0) is 16.2. The summed E-state index contributed by atoms with van der Waals surface area (Å²) in [5, 5.41) is 9.11. The van der Waals surface area contributed by atoms with E-state index in [1.807, 2.05) is 12.1 Å². The van der Waals surface area contributed by atoms with Gasteiger partial charge in [0.25, 0.3) is 0 Å². The lowest BCUT2D eigenvalue weighted by Crippen LogP contribution is -2.35. The van der Waals surface area contributed by atoms with Gasteiger partial charge in [0.15, 0.2) is 5.58 Å². The van der Waals surface area contributed by atoms with Gasteiger partial charge in [-0.05, 0) is 89.3 Å². The monoisotopic (exact) mass is 327 g/mol. The van der Waals surface area contributed by atoms with E-state index in [0.29, 0.717) is 5.92 Å². The molecule has 1 aromatic heterocycles. The van der Waals surface area contributed by atoms with E-state index < -0.39 is 0 Å². The smallest absolute Gasteiger partial charge is 0.167 e. The summed E-state index contributed by atoms with van der Waals surface area (Å²) in [6.07, 6.45) is 7.95. The fraction of sp³-hybridized carbons (Fsp3) is 0.650. The number of hydrogen-bond donors (Lipinski definition) is 1. The molecule has 0 radical (unpaired) electrons. The van der Waals surface area contributed by atoms with Gasteiger partial charge in [-0.15, -0.1) is 0 Å². The molecule has 0 bridgehead atoms. The Hall–Kier alpha value is -1.39. The predicted molar refractivity (Wildman–Crippen MR) is 97.3 cm³/mol. The molecule has 0 aliphatic carbocycles. The Labute approximate surface area is 144 Å². The standard InChI is InChI=1S/C20H29N3O/c1-2-8-19-18(7-1)20(22-24-19)17-9-13-23(14-10-17)12-4-6-16-5-3-11-21-15-16/h1-2,7-8,16-17,21H,3-6,9-15H2. The van der Waals surface area contributed by atoms with Gasteiger partial charge < -0.3 is 14.7 Å². The lowest BCUT2D eigenvalue weighted by molar-refractivity contribution is 0.199. The highest BCUT2D eigenvalue weighted by Crippen LogP contribution is 2.32. The van der Waals surface area contributed by atoms with Crippen LogP contribution in [0.4, 0.5) is 0 Å². The van der Waals surface area contributed by atoms with Crippen molar-refractivity contribution in [1.82, 2.24) is 15.4 Å². The molecule has 2 aliphatic rings. The van der Waals surface area contributed by atoms with Crippen LogP contribution in [0.5, 0.6) is 0 Å². The first-order valence-electron chi connectivity index (χ1n) is 9.67. The number of hydrogen-bond acceptors (Lipinski definition) is 4. The summed E-state index contributed by atoms with van der Waals surface area (Å²) >= 11 is 0. The number of fused-ring (bicyclic) bond motifs is 1. The summed E-state index contributed by atoms with van der Waals surface area (Å²) in [6.45, 7) is 6.13. The maximum Gasteiger partial charge on any atom is 0.167 e. The van der Waals surface area contributed by atoms with Crippen LogP contribution in [0.2, 0.25) is 0 Å². The number of nitrogens with one attached hydrogen (secondary N) is 1. The second kappa shape index (κ2) is 7.66. The maximum atomic E-state index is 5.49. The number of para-hydroxylation sites is 1. The molecule has 130 valence electrons. The normalized spacial score (nSPS) is 23.8. The summed E-state index contributed by atoms with van der Waals surface area (Å²) in [4.78, 5) is 2.65. The zero-order valence-corrected chi connectivity index (χ0v) is 14.5. The van der Waals surface area contributed by atoms with Crippen LogP contribution in [0.1, 0.15) is 50.1 Å². The van der Waals surface area contributed by atoms with Crippen molar-refractivity contribution in [2.45, 2.75) is 44.4 Å². The fourth-order valence-electron chi connectivity index (χ4n) is 4.40. The van der Waals surface area contributed by atoms with Crippen molar-refractivity contribution >= 4 is 11.0 Å². The third-order valence-electron chi connectivity index (χ3n) is 5.87. The summed E-state index contributed by atoms with van der Waals surface area (Å²) < 4.78 is 5.49. The lowest BCUT2D eigenvalue weighted by Gasteiger charge is -2.31. The Morgan fingerprint density at radius 1 is 1.17 bits per heavy atom. The molecule has 0 saturated carbocycles. The molecule has 2 fully saturated rings. The Balaban J connectivity index is 1.24. The highest BCUT2D eigenvalue weighted by molar-refractivity contribution is 5.79. The average Bonchev–Trinajstić information content (AvgIpc) is 3.07. The SMILES string of the molecule is c1ccc2c(C3CCN(CCCC4CCCNC4)CC3)noc2c1. The summed E-state index contributed by atoms with van der Waals surface area (Å²) in [5.41, 5.74) is 2.11. The van der Waals surface area contributed by atoms with Gasteiger partial charge in [-0.3, -0.25) is 0 Å².